The van der Waals surface area contributed by atoms with Gasteiger partial charge in [-0.25, -0.2) is 0 Å². The molecule has 0 radical (unpaired) electrons. The number of alkyl halides is 1. The van der Waals surface area contributed by atoms with E-state index in [4.69, 9.17) is 11.6 Å². The molecule has 2 aliphatic carbocycles. The van der Waals surface area contributed by atoms with Gasteiger partial charge < -0.3 is 0 Å². The van der Waals surface area contributed by atoms with Crippen molar-refractivity contribution in [2.45, 2.75) is 58.8 Å². The fourth-order valence-corrected chi connectivity index (χ4v) is 4.86. The molecule has 1 saturated carbocycles. The second-order valence-corrected chi connectivity index (χ2v) is 8.03. The summed E-state index contributed by atoms with van der Waals surface area (Å²) in [5, 5.41) is 0.164. The van der Waals surface area contributed by atoms with Crippen molar-refractivity contribution in [3.63, 3.8) is 0 Å². The van der Waals surface area contributed by atoms with Crippen molar-refractivity contribution >= 4 is 11.6 Å². The molecule has 1 fully saturated rings. The van der Waals surface area contributed by atoms with Crippen LogP contribution in [0.25, 0.3) is 0 Å². The van der Waals surface area contributed by atoms with E-state index in [1.807, 2.05) is 0 Å². The SMILES string of the molecule is CC1(C)C(C(Cl)c2ccc3c(c2)CCCC3)C1(C)C. The summed E-state index contributed by atoms with van der Waals surface area (Å²) in [5.41, 5.74) is 5.15. The molecule has 0 bridgehead atoms. The molecule has 0 saturated heterocycles. The molecule has 104 valence electrons. The van der Waals surface area contributed by atoms with E-state index in [9.17, 15) is 0 Å². The van der Waals surface area contributed by atoms with Gasteiger partial charge in [0.15, 0.2) is 0 Å². The summed E-state index contributed by atoms with van der Waals surface area (Å²) in [6, 6.07) is 6.98. The molecule has 2 aliphatic rings. The van der Waals surface area contributed by atoms with Crippen molar-refractivity contribution < 1.29 is 0 Å². The molecule has 1 unspecified atom stereocenters. The highest BCUT2D eigenvalue weighted by Crippen LogP contribution is 2.73. The first-order chi connectivity index (χ1) is 8.85. The zero-order valence-electron chi connectivity index (χ0n) is 12.6. The first-order valence-corrected chi connectivity index (χ1v) is 8.05. The largest absolute Gasteiger partial charge is 0.117 e. The molecule has 0 aliphatic heterocycles. The molecular formula is C18H25Cl. The third-order valence-corrected chi connectivity index (χ3v) is 6.62. The topological polar surface area (TPSA) is 0 Å². The summed E-state index contributed by atoms with van der Waals surface area (Å²) in [5.74, 6) is 0.586. The van der Waals surface area contributed by atoms with E-state index in [-0.39, 0.29) is 5.38 Å². The molecular weight excluding hydrogens is 252 g/mol. The van der Waals surface area contributed by atoms with Crippen LogP contribution >= 0.6 is 11.6 Å². The molecule has 1 aromatic carbocycles. The predicted octanol–water partition coefficient (Wildman–Crippen LogP) is 5.53. The number of benzene rings is 1. The first kappa shape index (κ1) is 13.5. The summed E-state index contributed by atoms with van der Waals surface area (Å²) in [7, 11) is 0. The van der Waals surface area contributed by atoms with Crippen LogP contribution in [0.2, 0.25) is 0 Å². The van der Waals surface area contributed by atoms with E-state index < -0.39 is 0 Å². The van der Waals surface area contributed by atoms with Gasteiger partial charge in [0, 0.05) is 0 Å². The van der Waals surface area contributed by atoms with Crippen molar-refractivity contribution in [1.29, 1.82) is 0 Å². The van der Waals surface area contributed by atoms with Gasteiger partial charge in [-0.15, -0.1) is 11.6 Å². The minimum absolute atomic E-state index is 0.164. The highest BCUT2D eigenvalue weighted by Gasteiger charge is 2.67. The van der Waals surface area contributed by atoms with Gasteiger partial charge in [0.05, 0.1) is 5.38 Å². The van der Waals surface area contributed by atoms with E-state index in [2.05, 4.69) is 45.9 Å². The Bertz CT molecular complexity index is 484. The lowest BCUT2D eigenvalue weighted by molar-refractivity contribution is 0.457. The van der Waals surface area contributed by atoms with Crippen LogP contribution in [0.15, 0.2) is 18.2 Å². The van der Waals surface area contributed by atoms with Gasteiger partial charge in [-0.3, -0.25) is 0 Å². The third-order valence-electron chi connectivity index (χ3n) is 6.12. The molecule has 1 atom stereocenters. The molecule has 0 nitrogen and oxygen atoms in total. The van der Waals surface area contributed by atoms with Crippen molar-refractivity contribution in [3.8, 4) is 0 Å². The zero-order valence-corrected chi connectivity index (χ0v) is 13.3. The Balaban J connectivity index is 1.87. The van der Waals surface area contributed by atoms with Crippen molar-refractivity contribution in [2.24, 2.45) is 16.7 Å². The maximum atomic E-state index is 6.82. The Hall–Kier alpha value is -0.490. The average molecular weight is 277 g/mol. The molecule has 19 heavy (non-hydrogen) atoms. The molecule has 3 rings (SSSR count). The minimum atomic E-state index is 0.164. The number of fused-ring (bicyclic) bond motifs is 1. The van der Waals surface area contributed by atoms with E-state index in [0.29, 0.717) is 16.7 Å². The third kappa shape index (κ3) is 1.95. The van der Waals surface area contributed by atoms with Crippen LogP contribution in [0.5, 0.6) is 0 Å². The maximum absolute atomic E-state index is 6.82. The summed E-state index contributed by atoms with van der Waals surface area (Å²) in [6.45, 7) is 9.41. The molecule has 1 heteroatoms. The van der Waals surface area contributed by atoms with Gasteiger partial charge in [-0.05, 0) is 59.1 Å². The van der Waals surface area contributed by atoms with Crippen LogP contribution in [-0.2, 0) is 12.8 Å². The van der Waals surface area contributed by atoms with Crippen LogP contribution in [0.3, 0.4) is 0 Å². The summed E-state index contributed by atoms with van der Waals surface area (Å²) >= 11 is 6.82. The Morgan fingerprint density at radius 3 is 2.16 bits per heavy atom. The normalized spacial score (nSPS) is 25.7. The fourth-order valence-electron chi connectivity index (χ4n) is 4.10. The highest BCUT2D eigenvalue weighted by atomic mass is 35.5. The highest BCUT2D eigenvalue weighted by molar-refractivity contribution is 6.21. The molecule has 0 heterocycles. The van der Waals surface area contributed by atoms with Gasteiger partial charge in [-0.2, -0.15) is 0 Å². The first-order valence-electron chi connectivity index (χ1n) is 7.61. The van der Waals surface area contributed by atoms with Crippen molar-refractivity contribution in [2.75, 3.05) is 0 Å². The van der Waals surface area contributed by atoms with Gasteiger partial charge in [0.1, 0.15) is 0 Å². The summed E-state index contributed by atoms with van der Waals surface area (Å²) in [4.78, 5) is 0. The molecule has 0 aromatic heterocycles. The van der Waals surface area contributed by atoms with E-state index >= 15 is 0 Å². The van der Waals surface area contributed by atoms with E-state index in [0.717, 1.165) is 0 Å². The van der Waals surface area contributed by atoms with Crippen LogP contribution < -0.4 is 0 Å². The monoisotopic (exact) mass is 276 g/mol. The van der Waals surface area contributed by atoms with Gasteiger partial charge in [-0.1, -0.05) is 45.9 Å². The van der Waals surface area contributed by atoms with E-state index in [1.54, 1.807) is 11.1 Å². The molecule has 0 amide bonds. The number of hydrogen-bond acceptors (Lipinski definition) is 0. The number of rotatable bonds is 2. The lowest BCUT2D eigenvalue weighted by Crippen LogP contribution is -2.06. The fraction of sp³-hybridized carbons (Fsp3) is 0.667. The van der Waals surface area contributed by atoms with Gasteiger partial charge in [0.2, 0.25) is 0 Å². The number of hydrogen-bond donors (Lipinski definition) is 0. The van der Waals surface area contributed by atoms with Gasteiger partial charge in [0.25, 0.3) is 0 Å². The molecule has 1 aromatic rings. The summed E-state index contributed by atoms with van der Waals surface area (Å²) < 4.78 is 0. The average Bonchev–Trinajstić information content (AvgIpc) is 2.78. The molecule has 0 N–H and O–H groups in total. The van der Waals surface area contributed by atoms with Crippen molar-refractivity contribution in [1.82, 2.24) is 0 Å². The van der Waals surface area contributed by atoms with Gasteiger partial charge >= 0.3 is 0 Å². The zero-order chi connectivity index (χ0) is 13.8. The maximum Gasteiger partial charge on any atom is 0.0624 e. The lowest BCUT2D eigenvalue weighted by atomic mass is 9.89. The van der Waals surface area contributed by atoms with E-state index in [1.165, 1.54) is 31.2 Å². The smallest absolute Gasteiger partial charge is 0.0624 e. The number of halogens is 1. The second kappa shape index (κ2) is 4.25. The Labute approximate surface area is 122 Å². The standard InChI is InChI=1S/C18H25Cl/c1-17(2)16(18(17,3)4)15(19)14-10-9-12-7-5-6-8-13(12)11-14/h9-11,15-16H,5-8H2,1-4H3. The van der Waals surface area contributed by atoms with Crippen LogP contribution in [0.4, 0.5) is 0 Å². The summed E-state index contributed by atoms with van der Waals surface area (Å²) in [6.07, 6.45) is 5.18. The van der Waals surface area contributed by atoms with Crippen LogP contribution in [0.1, 0.15) is 62.6 Å². The predicted molar refractivity (Wildman–Crippen MR) is 82.7 cm³/mol. The lowest BCUT2D eigenvalue weighted by Gasteiger charge is -2.19. The Morgan fingerprint density at radius 1 is 1.00 bits per heavy atom. The number of aryl methyl sites for hydroxylation is 2. The Morgan fingerprint density at radius 2 is 1.58 bits per heavy atom. The minimum Gasteiger partial charge on any atom is -0.117 e. The second-order valence-electron chi connectivity index (χ2n) is 7.56. The Kier molecular flexibility index (Phi) is 3.02. The van der Waals surface area contributed by atoms with Crippen molar-refractivity contribution in [3.05, 3.63) is 34.9 Å². The van der Waals surface area contributed by atoms with Crippen LogP contribution in [-0.4, -0.2) is 0 Å². The molecule has 0 spiro atoms. The quantitative estimate of drug-likeness (QED) is 0.623. The van der Waals surface area contributed by atoms with Crippen LogP contribution in [0, 0.1) is 16.7 Å².